The number of carbonyl (C=O) groups excluding carboxylic acids is 2. The number of rotatable bonds is 3. The van der Waals surface area contributed by atoms with Gasteiger partial charge in [0.05, 0.1) is 15.9 Å². The fraction of sp³-hybridized carbons (Fsp3) is 0.375. The van der Waals surface area contributed by atoms with Gasteiger partial charge >= 0.3 is 12.2 Å². The molecule has 10 nitrogen and oxygen atoms in total. The van der Waals surface area contributed by atoms with E-state index in [2.05, 4.69) is 10.4 Å². The van der Waals surface area contributed by atoms with E-state index in [1.165, 1.54) is 28.2 Å². The lowest BCUT2D eigenvalue weighted by atomic mass is 10.2. The summed E-state index contributed by atoms with van der Waals surface area (Å²) < 4.78 is 38.4. The van der Waals surface area contributed by atoms with Crippen molar-refractivity contribution < 1.29 is 27.5 Å². The summed E-state index contributed by atoms with van der Waals surface area (Å²) >= 11 is 0. The Hall–Kier alpha value is -3.60. The summed E-state index contributed by atoms with van der Waals surface area (Å²) in [7, 11) is -3.88. The van der Waals surface area contributed by atoms with Gasteiger partial charge in [0.25, 0.3) is 10.0 Å². The summed E-state index contributed by atoms with van der Waals surface area (Å²) in [6.45, 7) is 11.8. The van der Waals surface area contributed by atoms with Crippen LogP contribution in [0.15, 0.2) is 53.4 Å². The fourth-order valence-electron chi connectivity index (χ4n) is 3.22. The van der Waals surface area contributed by atoms with Crippen LogP contribution in [0.4, 0.5) is 15.4 Å². The lowest BCUT2D eigenvalue weighted by Gasteiger charge is -2.28. The van der Waals surface area contributed by atoms with E-state index in [4.69, 9.17) is 9.47 Å². The number of nitrogens with zero attached hydrogens (tertiary/aromatic N) is 3. The third-order valence-corrected chi connectivity index (χ3v) is 6.29. The second-order valence-electron chi connectivity index (χ2n) is 9.87. The van der Waals surface area contributed by atoms with Gasteiger partial charge in [-0.3, -0.25) is 0 Å². The largest absolute Gasteiger partial charge is 0.443 e. The molecule has 0 saturated heterocycles. The summed E-state index contributed by atoms with van der Waals surface area (Å²) in [5.74, 6) is 0.0202. The number of ether oxygens (including phenoxy) is 2. The molecule has 0 unspecified atom stereocenters. The first-order chi connectivity index (χ1) is 16.1. The van der Waals surface area contributed by atoms with Crippen molar-refractivity contribution in [2.24, 2.45) is 0 Å². The molecule has 0 saturated carbocycles. The molecule has 0 bridgehead atoms. The topological polar surface area (TPSA) is 120 Å². The maximum absolute atomic E-state index is 13.3. The third-order valence-electron chi connectivity index (χ3n) is 4.46. The van der Waals surface area contributed by atoms with Gasteiger partial charge in [0.2, 0.25) is 0 Å². The molecule has 11 heteroatoms. The normalized spacial score (nSPS) is 12.3. The van der Waals surface area contributed by atoms with E-state index in [9.17, 15) is 18.0 Å². The minimum absolute atomic E-state index is 0.0202. The predicted molar refractivity (Wildman–Crippen MR) is 132 cm³/mol. The molecule has 2 heterocycles. The van der Waals surface area contributed by atoms with Crippen molar-refractivity contribution in [1.29, 1.82) is 0 Å². The molecular weight excluding hydrogens is 472 g/mol. The number of hydrazine groups is 1. The maximum Gasteiger partial charge on any atom is 0.435 e. The van der Waals surface area contributed by atoms with E-state index in [1.807, 2.05) is 0 Å². The number of carbonyl (C=O) groups is 2. The van der Waals surface area contributed by atoms with Crippen molar-refractivity contribution in [2.75, 3.05) is 5.01 Å². The summed E-state index contributed by atoms with van der Waals surface area (Å²) in [5.41, 5.74) is 1.76. The highest BCUT2D eigenvalue weighted by atomic mass is 32.2. The number of hydrogen-bond donors (Lipinski definition) is 1. The first kappa shape index (κ1) is 26.0. The zero-order valence-electron chi connectivity index (χ0n) is 20.8. The van der Waals surface area contributed by atoms with E-state index in [1.54, 1.807) is 72.7 Å². The Labute approximate surface area is 204 Å². The van der Waals surface area contributed by atoms with Gasteiger partial charge in [-0.15, -0.1) is 0 Å². The second kappa shape index (κ2) is 9.21. The van der Waals surface area contributed by atoms with Crippen LogP contribution in [0.3, 0.4) is 0 Å². The van der Waals surface area contributed by atoms with E-state index in [0.717, 1.165) is 5.01 Å². The number of fused-ring (bicyclic) bond motifs is 1. The van der Waals surface area contributed by atoms with Crippen molar-refractivity contribution in [3.63, 3.8) is 0 Å². The van der Waals surface area contributed by atoms with E-state index in [-0.39, 0.29) is 10.7 Å². The molecule has 35 heavy (non-hydrogen) atoms. The summed E-state index contributed by atoms with van der Waals surface area (Å²) in [4.78, 5) is 29.9. The average molecular weight is 503 g/mol. The number of benzene rings is 1. The Morgan fingerprint density at radius 2 is 1.54 bits per heavy atom. The molecule has 0 aliphatic heterocycles. The molecule has 2 amide bonds. The van der Waals surface area contributed by atoms with Crippen LogP contribution in [0.25, 0.3) is 11.0 Å². The molecule has 0 atom stereocenters. The number of hydrogen-bond acceptors (Lipinski definition) is 7. The molecule has 188 valence electrons. The standard InChI is InChI=1S/C24H30N4O6S/c1-16-15-18-19(28(16)35(31,32)17-11-9-8-10-12-17)13-14-20(25-18)27(22(30)34-24(5,6)7)26-21(29)33-23(2,3)4/h8-15H,1-7H3,(H,26,29). The van der Waals surface area contributed by atoms with E-state index in [0.29, 0.717) is 16.7 Å². The number of aromatic nitrogens is 2. The van der Waals surface area contributed by atoms with Gasteiger partial charge in [-0.25, -0.2) is 32.4 Å². The SMILES string of the molecule is Cc1cc2nc(N(NC(=O)OC(C)(C)C)C(=O)OC(C)(C)C)ccc2n1S(=O)(=O)c1ccccc1. The first-order valence-corrected chi connectivity index (χ1v) is 12.3. The molecule has 2 aromatic heterocycles. The van der Waals surface area contributed by atoms with Gasteiger partial charge in [0.15, 0.2) is 5.82 Å². The summed E-state index contributed by atoms with van der Waals surface area (Å²) in [6.07, 6.45) is -1.77. The Balaban J connectivity index is 2.06. The third kappa shape index (κ3) is 6.10. The Morgan fingerprint density at radius 3 is 2.11 bits per heavy atom. The van der Waals surface area contributed by atoms with Gasteiger partial charge in [0.1, 0.15) is 11.2 Å². The van der Waals surface area contributed by atoms with Crippen LogP contribution >= 0.6 is 0 Å². The van der Waals surface area contributed by atoms with Crippen LogP contribution in [0.1, 0.15) is 47.2 Å². The number of aryl methyl sites for hydroxylation is 1. The van der Waals surface area contributed by atoms with Crippen LogP contribution in [0.2, 0.25) is 0 Å². The van der Waals surface area contributed by atoms with Crippen molar-refractivity contribution in [1.82, 2.24) is 14.4 Å². The number of nitrogens with one attached hydrogen (secondary N) is 1. The van der Waals surface area contributed by atoms with Crippen LogP contribution in [-0.4, -0.2) is 40.8 Å². The second-order valence-corrected chi connectivity index (χ2v) is 11.7. The predicted octanol–water partition coefficient (Wildman–Crippen LogP) is 4.76. The number of pyridine rings is 1. The fourth-order valence-corrected chi connectivity index (χ4v) is 4.78. The van der Waals surface area contributed by atoms with E-state index >= 15 is 0 Å². The van der Waals surface area contributed by atoms with E-state index < -0.39 is 33.4 Å². The van der Waals surface area contributed by atoms with Crippen molar-refractivity contribution in [3.05, 3.63) is 54.2 Å². The molecule has 0 spiro atoms. The molecular formula is C24H30N4O6S. The quantitative estimate of drug-likeness (QED) is 0.513. The van der Waals surface area contributed by atoms with Gasteiger partial charge in [-0.1, -0.05) is 18.2 Å². The van der Waals surface area contributed by atoms with Crippen molar-refractivity contribution >= 4 is 39.1 Å². The number of anilines is 1. The molecule has 0 radical (unpaired) electrons. The van der Waals surface area contributed by atoms with Crippen molar-refractivity contribution in [2.45, 2.75) is 64.6 Å². The van der Waals surface area contributed by atoms with Crippen LogP contribution in [0, 0.1) is 6.92 Å². The Kier molecular flexibility index (Phi) is 6.85. The van der Waals surface area contributed by atoms with Gasteiger partial charge in [0, 0.05) is 5.69 Å². The maximum atomic E-state index is 13.3. The van der Waals surface area contributed by atoms with Gasteiger partial charge < -0.3 is 9.47 Å². The molecule has 1 aromatic carbocycles. The lowest BCUT2D eigenvalue weighted by Crippen LogP contribution is -2.50. The van der Waals surface area contributed by atoms with Crippen LogP contribution < -0.4 is 10.4 Å². The van der Waals surface area contributed by atoms with Crippen LogP contribution in [0.5, 0.6) is 0 Å². The molecule has 0 fully saturated rings. The molecule has 3 rings (SSSR count). The molecule has 3 aromatic rings. The monoisotopic (exact) mass is 502 g/mol. The number of amides is 2. The average Bonchev–Trinajstić information content (AvgIpc) is 3.05. The van der Waals surface area contributed by atoms with Crippen LogP contribution in [-0.2, 0) is 19.5 Å². The Bertz CT molecular complexity index is 1350. The molecule has 0 aliphatic rings. The Morgan fingerprint density at radius 1 is 0.943 bits per heavy atom. The lowest BCUT2D eigenvalue weighted by molar-refractivity contribution is 0.0424. The zero-order chi connectivity index (χ0) is 26.2. The van der Waals surface area contributed by atoms with Gasteiger partial charge in [-0.05, 0) is 78.8 Å². The highest BCUT2D eigenvalue weighted by Gasteiger charge is 2.29. The molecule has 1 N–H and O–H groups in total. The molecule has 0 aliphatic carbocycles. The summed E-state index contributed by atoms with van der Waals surface area (Å²) in [5, 5.41) is 0.830. The first-order valence-electron chi connectivity index (χ1n) is 10.9. The zero-order valence-corrected chi connectivity index (χ0v) is 21.6. The highest BCUT2D eigenvalue weighted by molar-refractivity contribution is 7.90. The smallest absolute Gasteiger partial charge is 0.435 e. The minimum atomic E-state index is -3.88. The summed E-state index contributed by atoms with van der Waals surface area (Å²) in [6, 6.07) is 12.6. The van der Waals surface area contributed by atoms with Crippen molar-refractivity contribution in [3.8, 4) is 0 Å². The highest BCUT2D eigenvalue weighted by Crippen LogP contribution is 2.27. The van der Waals surface area contributed by atoms with Gasteiger partial charge in [-0.2, -0.15) is 5.01 Å². The minimum Gasteiger partial charge on any atom is -0.443 e.